The first kappa shape index (κ1) is 11.3. The zero-order valence-corrected chi connectivity index (χ0v) is 10.0. The molecule has 0 saturated heterocycles. The van der Waals surface area contributed by atoms with Crippen molar-refractivity contribution in [1.82, 2.24) is 0 Å². The fourth-order valence-corrected chi connectivity index (χ4v) is 2.01. The van der Waals surface area contributed by atoms with Crippen molar-refractivity contribution >= 4 is 11.6 Å². The summed E-state index contributed by atoms with van der Waals surface area (Å²) in [6.07, 6.45) is 5.76. The second kappa shape index (κ2) is 4.01. The van der Waals surface area contributed by atoms with Crippen LogP contribution in [0.1, 0.15) is 19.4 Å². The number of terminal acetylenes is 1. The highest BCUT2D eigenvalue weighted by molar-refractivity contribution is 6.32. The monoisotopic (exact) mass is 236 g/mol. The number of fused-ring (bicyclic) bond motifs is 1. The van der Waals surface area contributed by atoms with E-state index in [0.717, 1.165) is 5.56 Å². The number of rotatable bonds is 0. The van der Waals surface area contributed by atoms with E-state index in [-0.39, 0.29) is 6.10 Å². The number of ether oxygens (including phenoxy) is 2. The van der Waals surface area contributed by atoms with Crippen molar-refractivity contribution in [3.63, 3.8) is 0 Å². The molecule has 0 bridgehead atoms. The quantitative estimate of drug-likeness (QED) is 0.645. The molecule has 84 valence electrons. The lowest BCUT2D eigenvalue weighted by atomic mass is 10.1. The van der Waals surface area contributed by atoms with Gasteiger partial charge in [-0.2, -0.15) is 0 Å². The van der Waals surface area contributed by atoms with Gasteiger partial charge in [0.1, 0.15) is 11.9 Å². The van der Waals surface area contributed by atoms with Gasteiger partial charge in [-0.25, -0.2) is 0 Å². The number of hydrogen-bond acceptors (Lipinski definition) is 2. The van der Waals surface area contributed by atoms with Crippen LogP contribution in [0, 0.1) is 12.3 Å². The van der Waals surface area contributed by atoms with E-state index in [0.29, 0.717) is 17.2 Å². The molecule has 1 aromatic carbocycles. The summed E-state index contributed by atoms with van der Waals surface area (Å²) >= 11 is 6.10. The van der Waals surface area contributed by atoms with Crippen LogP contribution in [0.4, 0.5) is 0 Å². The fraction of sp³-hybridized carbons (Fsp3) is 0.385. The van der Waals surface area contributed by atoms with E-state index < -0.39 is 5.79 Å². The number of para-hydroxylation sites is 1. The number of benzene rings is 1. The summed E-state index contributed by atoms with van der Waals surface area (Å²) in [7, 11) is 0. The molecule has 1 unspecified atom stereocenters. The third-order valence-corrected chi connectivity index (χ3v) is 2.71. The zero-order chi connectivity index (χ0) is 11.8. The van der Waals surface area contributed by atoms with Gasteiger partial charge < -0.3 is 9.47 Å². The molecule has 0 N–H and O–H groups in total. The highest BCUT2D eigenvalue weighted by atomic mass is 35.5. The molecule has 2 rings (SSSR count). The maximum atomic E-state index is 6.10. The normalized spacial score (nSPS) is 22.5. The standard InChI is InChI=1S/C13H13ClO2/c1-4-10-8-9-6-5-7-11(14)12(9)16-13(2,3)15-10/h1,5-7,10H,8H2,2-3H3. The van der Waals surface area contributed by atoms with Gasteiger partial charge in [0.05, 0.1) is 5.02 Å². The van der Waals surface area contributed by atoms with Gasteiger partial charge in [-0.15, -0.1) is 6.42 Å². The number of halogens is 1. The Morgan fingerprint density at radius 3 is 2.94 bits per heavy atom. The van der Waals surface area contributed by atoms with Gasteiger partial charge in [-0.05, 0) is 11.6 Å². The third kappa shape index (κ3) is 2.16. The van der Waals surface area contributed by atoms with Crippen LogP contribution >= 0.6 is 11.6 Å². The molecule has 0 aliphatic carbocycles. The predicted octanol–water partition coefficient (Wildman–Crippen LogP) is 3.03. The van der Waals surface area contributed by atoms with Crippen LogP contribution in [-0.4, -0.2) is 11.9 Å². The summed E-state index contributed by atoms with van der Waals surface area (Å²) in [6.45, 7) is 3.66. The maximum absolute atomic E-state index is 6.10. The molecule has 0 aromatic heterocycles. The second-order valence-corrected chi connectivity index (χ2v) is 4.61. The van der Waals surface area contributed by atoms with Gasteiger partial charge in [0.15, 0.2) is 0 Å². The SMILES string of the molecule is C#CC1Cc2cccc(Cl)c2OC(C)(C)O1. The van der Waals surface area contributed by atoms with Gasteiger partial charge in [-0.3, -0.25) is 0 Å². The summed E-state index contributed by atoms with van der Waals surface area (Å²) in [5.41, 5.74) is 0.987. The van der Waals surface area contributed by atoms with Crippen LogP contribution < -0.4 is 4.74 Å². The largest absolute Gasteiger partial charge is 0.461 e. The van der Waals surface area contributed by atoms with Crippen molar-refractivity contribution in [3.8, 4) is 18.1 Å². The van der Waals surface area contributed by atoms with Gasteiger partial charge in [0.25, 0.3) is 0 Å². The average Bonchev–Trinajstić information content (AvgIpc) is 2.34. The molecule has 1 aliphatic heterocycles. The van der Waals surface area contributed by atoms with Crippen LogP contribution in [0.2, 0.25) is 5.02 Å². The first-order valence-electron chi connectivity index (χ1n) is 5.12. The van der Waals surface area contributed by atoms with E-state index in [1.54, 1.807) is 6.07 Å². The molecule has 1 aromatic rings. The minimum Gasteiger partial charge on any atom is -0.461 e. The molecule has 1 aliphatic rings. The van der Waals surface area contributed by atoms with Crippen LogP contribution in [-0.2, 0) is 11.2 Å². The molecule has 1 atom stereocenters. The van der Waals surface area contributed by atoms with Crippen molar-refractivity contribution in [2.75, 3.05) is 0 Å². The molecule has 2 nitrogen and oxygen atoms in total. The first-order valence-corrected chi connectivity index (χ1v) is 5.50. The summed E-state index contributed by atoms with van der Waals surface area (Å²) in [4.78, 5) is 0. The zero-order valence-electron chi connectivity index (χ0n) is 9.29. The minimum absolute atomic E-state index is 0.283. The second-order valence-electron chi connectivity index (χ2n) is 4.21. The lowest BCUT2D eigenvalue weighted by Crippen LogP contribution is -2.34. The van der Waals surface area contributed by atoms with Crippen molar-refractivity contribution in [1.29, 1.82) is 0 Å². The Morgan fingerprint density at radius 1 is 1.50 bits per heavy atom. The molecule has 0 saturated carbocycles. The Hall–Kier alpha value is -1.17. The molecular formula is C13H13ClO2. The molecule has 0 radical (unpaired) electrons. The van der Waals surface area contributed by atoms with Crippen LogP contribution in [0.5, 0.6) is 5.75 Å². The Bertz CT molecular complexity index is 446. The van der Waals surface area contributed by atoms with E-state index >= 15 is 0 Å². The highest BCUT2D eigenvalue weighted by Crippen LogP contribution is 2.36. The van der Waals surface area contributed by atoms with E-state index in [4.69, 9.17) is 27.5 Å². The summed E-state index contributed by atoms with van der Waals surface area (Å²) in [6, 6.07) is 5.64. The topological polar surface area (TPSA) is 18.5 Å². The average molecular weight is 237 g/mol. The van der Waals surface area contributed by atoms with Gasteiger partial charge in [0, 0.05) is 20.3 Å². The first-order chi connectivity index (χ1) is 7.52. The molecule has 1 heterocycles. The molecule has 16 heavy (non-hydrogen) atoms. The molecule has 3 heteroatoms. The van der Waals surface area contributed by atoms with Crippen LogP contribution in [0.3, 0.4) is 0 Å². The van der Waals surface area contributed by atoms with E-state index in [2.05, 4.69) is 5.92 Å². The molecule has 0 fully saturated rings. The molecular weight excluding hydrogens is 224 g/mol. The number of hydrogen-bond donors (Lipinski definition) is 0. The predicted molar refractivity (Wildman–Crippen MR) is 63.6 cm³/mol. The third-order valence-electron chi connectivity index (χ3n) is 2.41. The summed E-state index contributed by atoms with van der Waals surface area (Å²) in [5.74, 6) is 2.53. The van der Waals surface area contributed by atoms with Gasteiger partial charge in [-0.1, -0.05) is 29.7 Å². The highest BCUT2D eigenvalue weighted by Gasteiger charge is 2.31. The maximum Gasteiger partial charge on any atom is 0.206 e. The smallest absolute Gasteiger partial charge is 0.206 e. The molecule has 0 amide bonds. The fourth-order valence-electron chi connectivity index (χ4n) is 1.78. The van der Waals surface area contributed by atoms with E-state index in [1.807, 2.05) is 26.0 Å². The Morgan fingerprint density at radius 2 is 2.25 bits per heavy atom. The lowest BCUT2D eigenvalue weighted by molar-refractivity contribution is -0.166. The van der Waals surface area contributed by atoms with Crippen molar-refractivity contribution in [2.45, 2.75) is 32.2 Å². The van der Waals surface area contributed by atoms with Crippen molar-refractivity contribution in [2.24, 2.45) is 0 Å². The summed E-state index contributed by atoms with van der Waals surface area (Å²) < 4.78 is 11.4. The summed E-state index contributed by atoms with van der Waals surface area (Å²) in [5, 5.41) is 0.590. The Labute approximate surface area is 101 Å². The van der Waals surface area contributed by atoms with E-state index in [9.17, 15) is 0 Å². The minimum atomic E-state index is -0.757. The van der Waals surface area contributed by atoms with Gasteiger partial charge >= 0.3 is 0 Å². The van der Waals surface area contributed by atoms with Crippen molar-refractivity contribution in [3.05, 3.63) is 28.8 Å². The Kier molecular flexibility index (Phi) is 2.84. The van der Waals surface area contributed by atoms with Crippen LogP contribution in [0.15, 0.2) is 18.2 Å². The van der Waals surface area contributed by atoms with E-state index in [1.165, 1.54) is 0 Å². The van der Waals surface area contributed by atoms with Crippen molar-refractivity contribution < 1.29 is 9.47 Å². The lowest BCUT2D eigenvalue weighted by Gasteiger charge is -2.26. The molecule has 0 spiro atoms. The van der Waals surface area contributed by atoms with Crippen LogP contribution in [0.25, 0.3) is 0 Å². The Balaban J connectivity index is 2.47. The van der Waals surface area contributed by atoms with Gasteiger partial charge in [0.2, 0.25) is 5.79 Å².